The molecule has 0 aromatic heterocycles. The van der Waals surface area contributed by atoms with Crippen LogP contribution in [0.15, 0.2) is 35.5 Å². The minimum Gasteiger partial charge on any atom is -0.469 e. The summed E-state index contributed by atoms with van der Waals surface area (Å²) in [4.78, 5) is 16.2. The number of ether oxygens (including phenoxy) is 1. The molecule has 0 unspecified atom stereocenters. The van der Waals surface area contributed by atoms with Gasteiger partial charge in [0.15, 0.2) is 0 Å². The second-order valence-corrected chi connectivity index (χ2v) is 5.99. The predicted molar refractivity (Wildman–Crippen MR) is 97.9 cm³/mol. The summed E-state index contributed by atoms with van der Waals surface area (Å²) < 4.78 is 4.62. The van der Waals surface area contributed by atoms with E-state index in [0.717, 1.165) is 24.8 Å². The van der Waals surface area contributed by atoms with Gasteiger partial charge in [0.1, 0.15) is 6.61 Å². The number of hydrogen-bond acceptors (Lipinski definition) is 4. The summed E-state index contributed by atoms with van der Waals surface area (Å²) in [7, 11) is 1.45. The topological polar surface area (TPSA) is 47.9 Å². The summed E-state index contributed by atoms with van der Waals surface area (Å²) in [6.07, 6.45) is 12.9. The number of oxime groups is 1. The number of esters is 1. The van der Waals surface area contributed by atoms with Gasteiger partial charge in [0.2, 0.25) is 0 Å². The Morgan fingerprint density at radius 2 is 1.58 bits per heavy atom. The van der Waals surface area contributed by atoms with Crippen molar-refractivity contribution in [3.8, 4) is 0 Å². The average Bonchev–Trinajstić information content (AvgIpc) is 2.62. The lowest BCUT2D eigenvalue weighted by Gasteiger charge is -2.01. The Hall–Kier alpha value is -1.84. The van der Waals surface area contributed by atoms with Gasteiger partial charge in [0, 0.05) is 12.6 Å². The molecule has 0 saturated heterocycles. The molecular weight excluding hydrogens is 302 g/mol. The zero-order valence-corrected chi connectivity index (χ0v) is 14.9. The molecule has 0 atom stereocenters. The van der Waals surface area contributed by atoms with Crippen LogP contribution in [0.5, 0.6) is 0 Å². The van der Waals surface area contributed by atoms with Crippen molar-refractivity contribution >= 4 is 12.2 Å². The Morgan fingerprint density at radius 1 is 0.958 bits per heavy atom. The highest BCUT2D eigenvalue weighted by Gasteiger charge is 1.99. The molecule has 0 aliphatic rings. The quantitative estimate of drug-likeness (QED) is 0.202. The van der Waals surface area contributed by atoms with E-state index in [1.54, 1.807) is 0 Å². The van der Waals surface area contributed by atoms with Gasteiger partial charge in [-0.1, -0.05) is 74.0 Å². The molecule has 0 amide bonds. The summed E-state index contributed by atoms with van der Waals surface area (Å²) in [6, 6.07) is 10.1. The second-order valence-electron chi connectivity index (χ2n) is 5.99. The zero-order chi connectivity index (χ0) is 17.3. The number of unbranched alkanes of at least 4 members (excludes halogenated alkanes) is 8. The minimum atomic E-state index is -0.0931. The lowest BCUT2D eigenvalue weighted by Crippen LogP contribution is -1.99. The van der Waals surface area contributed by atoms with Crippen LogP contribution in [-0.2, 0) is 21.0 Å². The third-order valence-electron chi connectivity index (χ3n) is 3.91. The normalized spacial score (nSPS) is 10.9. The third-order valence-corrected chi connectivity index (χ3v) is 3.91. The van der Waals surface area contributed by atoms with Crippen LogP contribution in [0.4, 0.5) is 0 Å². The van der Waals surface area contributed by atoms with E-state index in [4.69, 9.17) is 4.84 Å². The minimum absolute atomic E-state index is 0.0931. The highest BCUT2D eigenvalue weighted by atomic mass is 16.6. The Morgan fingerprint density at radius 3 is 2.25 bits per heavy atom. The fraction of sp³-hybridized carbons (Fsp3) is 0.600. The highest BCUT2D eigenvalue weighted by Crippen LogP contribution is 2.10. The van der Waals surface area contributed by atoms with E-state index >= 15 is 0 Å². The SMILES string of the molecule is COC(=O)CCCCCCCCCC/C=N/OCc1ccccc1. The molecule has 0 saturated carbocycles. The number of nitrogens with zero attached hydrogens (tertiary/aromatic N) is 1. The van der Waals surface area contributed by atoms with Crippen LogP contribution < -0.4 is 0 Å². The van der Waals surface area contributed by atoms with Gasteiger partial charge < -0.3 is 9.57 Å². The largest absolute Gasteiger partial charge is 0.469 e. The number of carbonyl (C=O) groups excluding carboxylic acids is 1. The molecule has 0 radical (unpaired) electrons. The predicted octanol–water partition coefficient (Wildman–Crippen LogP) is 5.26. The van der Waals surface area contributed by atoms with Crippen molar-refractivity contribution < 1.29 is 14.4 Å². The molecule has 4 heteroatoms. The second kappa shape index (κ2) is 14.7. The summed E-state index contributed by atoms with van der Waals surface area (Å²) in [6.45, 7) is 0.535. The van der Waals surface area contributed by atoms with Crippen LogP contribution in [-0.4, -0.2) is 19.3 Å². The Kier molecular flexibility index (Phi) is 12.4. The van der Waals surface area contributed by atoms with Crippen molar-refractivity contribution in [3.63, 3.8) is 0 Å². The molecule has 0 N–H and O–H groups in total. The van der Waals surface area contributed by atoms with Crippen LogP contribution in [0.1, 0.15) is 69.8 Å². The number of benzene rings is 1. The van der Waals surface area contributed by atoms with E-state index in [0.29, 0.717) is 13.0 Å². The highest BCUT2D eigenvalue weighted by molar-refractivity contribution is 5.68. The van der Waals surface area contributed by atoms with Crippen molar-refractivity contribution in [2.24, 2.45) is 5.16 Å². The van der Waals surface area contributed by atoms with Crippen molar-refractivity contribution in [2.45, 2.75) is 70.8 Å². The molecular formula is C20H31NO3. The van der Waals surface area contributed by atoms with Gasteiger partial charge in [-0.3, -0.25) is 4.79 Å². The van der Waals surface area contributed by atoms with E-state index in [2.05, 4.69) is 9.89 Å². The van der Waals surface area contributed by atoms with Gasteiger partial charge in [-0.25, -0.2) is 0 Å². The Bertz CT molecular complexity index is 445. The molecule has 0 aliphatic heterocycles. The number of rotatable bonds is 14. The molecule has 0 bridgehead atoms. The van der Waals surface area contributed by atoms with Crippen LogP contribution in [0, 0.1) is 0 Å². The first-order valence-electron chi connectivity index (χ1n) is 9.07. The molecule has 1 aromatic rings. The number of methoxy groups -OCH3 is 1. The maximum Gasteiger partial charge on any atom is 0.305 e. The van der Waals surface area contributed by atoms with Gasteiger partial charge in [0.05, 0.1) is 7.11 Å². The third kappa shape index (κ3) is 11.7. The summed E-state index contributed by atoms with van der Waals surface area (Å²) in [5.41, 5.74) is 1.14. The molecule has 0 fully saturated rings. The Labute approximate surface area is 146 Å². The fourth-order valence-corrected chi connectivity index (χ4v) is 2.46. The van der Waals surface area contributed by atoms with Gasteiger partial charge in [-0.05, 0) is 24.8 Å². The lowest BCUT2D eigenvalue weighted by atomic mass is 10.1. The number of hydrogen-bond donors (Lipinski definition) is 0. The molecule has 0 heterocycles. The van der Waals surface area contributed by atoms with Crippen LogP contribution in [0.3, 0.4) is 0 Å². The fourth-order valence-electron chi connectivity index (χ4n) is 2.46. The molecule has 0 aliphatic carbocycles. The molecule has 1 aromatic carbocycles. The number of carbonyl (C=O) groups is 1. The van der Waals surface area contributed by atoms with Crippen molar-refractivity contribution in [1.29, 1.82) is 0 Å². The first-order valence-corrected chi connectivity index (χ1v) is 9.07. The van der Waals surface area contributed by atoms with Gasteiger partial charge >= 0.3 is 5.97 Å². The van der Waals surface area contributed by atoms with E-state index in [1.807, 2.05) is 36.5 Å². The van der Waals surface area contributed by atoms with Crippen LogP contribution in [0.2, 0.25) is 0 Å². The smallest absolute Gasteiger partial charge is 0.305 e. The summed E-state index contributed by atoms with van der Waals surface area (Å²) in [5.74, 6) is -0.0931. The van der Waals surface area contributed by atoms with E-state index in [9.17, 15) is 4.79 Å². The van der Waals surface area contributed by atoms with Crippen molar-refractivity contribution in [1.82, 2.24) is 0 Å². The maximum absolute atomic E-state index is 10.9. The first-order chi connectivity index (χ1) is 11.8. The zero-order valence-electron chi connectivity index (χ0n) is 14.9. The molecule has 4 nitrogen and oxygen atoms in total. The van der Waals surface area contributed by atoms with E-state index in [-0.39, 0.29) is 5.97 Å². The maximum atomic E-state index is 10.9. The van der Waals surface area contributed by atoms with E-state index in [1.165, 1.54) is 45.6 Å². The average molecular weight is 333 g/mol. The van der Waals surface area contributed by atoms with Crippen LogP contribution in [0.25, 0.3) is 0 Å². The molecule has 134 valence electrons. The first kappa shape index (κ1) is 20.2. The summed E-state index contributed by atoms with van der Waals surface area (Å²) in [5, 5.41) is 3.99. The van der Waals surface area contributed by atoms with Gasteiger partial charge in [-0.15, -0.1) is 0 Å². The van der Waals surface area contributed by atoms with Crippen molar-refractivity contribution in [2.75, 3.05) is 7.11 Å². The molecule has 0 spiro atoms. The molecule has 24 heavy (non-hydrogen) atoms. The summed E-state index contributed by atoms with van der Waals surface area (Å²) >= 11 is 0. The lowest BCUT2D eigenvalue weighted by molar-refractivity contribution is -0.140. The van der Waals surface area contributed by atoms with Gasteiger partial charge in [-0.2, -0.15) is 0 Å². The van der Waals surface area contributed by atoms with E-state index < -0.39 is 0 Å². The van der Waals surface area contributed by atoms with Crippen molar-refractivity contribution in [3.05, 3.63) is 35.9 Å². The Balaban J connectivity index is 1.80. The monoisotopic (exact) mass is 333 g/mol. The molecule has 1 rings (SSSR count). The van der Waals surface area contributed by atoms with Crippen LogP contribution >= 0.6 is 0 Å². The standard InChI is InChI=1S/C20H31NO3/c1-23-20(22)16-12-7-5-3-2-4-6-8-13-17-21-24-18-19-14-10-9-11-15-19/h9-11,14-15,17H,2-8,12-13,16,18H2,1H3/b21-17+. The van der Waals surface area contributed by atoms with Gasteiger partial charge in [0.25, 0.3) is 0 Å².